The molecule has 2 aromatic rings. The number of aliphatic carboxylic acids is 1. The fourth-order valence-electron chi connectivity index (χ4n) is 4.49. The summed E-state index contributed by atoms with van der Waals surface area (Å²) in [7, 11) is 0. The van der Waals surface area contributed by atoms with E-state index in [1.54, 1.807) is 43.0 Å². The van der Waals surface area contributed by atoms with E-state index in [0.717, 1.165) is 11.1 Å². The van der Waals surface area contributed by atoms with Crippen LogP contribution in [0.15, 0.2) is 42.5 Å². The summed E-state index contributed by atoms with van der Waals surface area (Å²) < 4.78 is 0. The van der Waals surface area contributed by atoms with Crippen molar-refractivity contribution < 1.29 is 24.3 Å². The first-order valence-electron chi connectivity index (χ1n) is 11.1. The maximum absolute atomic E-state index is 13.4. The van der Waals surface area contributed by atoms with E-state index in [-0.39, 0.29) is 50.2 Å². The number of nitrogens with zero attached hydrogens (tertiary/aromatic N) is 2. The molecule has 0 aromatic heterocycles. The number of carbonyl (C=O) groups excluding carboxylic acids is 3. The van der Waals surface area contributed by atoms with E-state index in [2.05, 4.69) is 5.32 Å². The van der Waals surface area contributed by atoms with E-state index in [0.29, 0.717) is 16.3 Å². The van der Waals surface area contributed by atoms with Crippen LogP contribution < -0.4 is 5.32 Å². The largest absolute Gasteiger partial charge is 0.481 e. The minimum atomic E-state index is -0.966. The van der Waals surface area contributed by atoms with Gasteiger partial charge < -0.3 is 20.2 Å². The number of amides is 3. The lowest BCUT2D eigenvalue weighted by molar-refractivity contribution is -0.141. The minimum absolute atomic E-state index is 0.0479. The maximum Gasteiger partial charge on any atom is 0.303 e. The molecule has 0 spiro atoms. The number of piperazine rings is 1. The van der Waals surface area contributed by atoms with Crippen molar-refractivity contribution in [2.24, 2.45) is 5.41 Å². The first-order valence-corrected chi connectivity index (χ1v) is 11.4. The van der Waals surface area contributed by atoms with Crippen molar-refractivity contribution in [1.82, 2.24) is 9.80 Å². The monoisotopic (exact) mass is 483 g/mol. The van der Waals surface area contributed by atoms with Gasteiger partial charge in [0.15, 0.2) is 0 Å². The molecule has 1 atom stereocenters. The van der Waals surface area contributed by atoms with Crippen LogP contribution in [0.1, 0.15) is 37.0 Å². The fraction of sp³-hybridized carbons (Fsp3) is 0.360. The number of nitrogens with one attached hydrogen (secondary N) is 1. The maximum atomic E-state index is 13.4. The molecule has 2 N–H and O–H groups in total. The summed E-state index contributed by atoms with van der Waals surface area (Å²) in [5.74, 6) is -1.81. The number of carboxylic acid groups (broad SMARTS) is 1. The lowest BCUT2D eigenvalue weighted by atomic mass is 9.85. The van der Waals surface area contributed by atoms with E-state index >= 15 is 0 Å². The van der Waals surface area contributed by atoms with Gasteiger partial charge in [-0.15, -0.1) is 0 Å². The molecule has 178 valence electrons. The van der Waals surface area contributed by atoms with Crippen LogP contribution in [-0.2, 0) is 14.4 Å². The van der Waals surface area contributed by atoms with Gasteiger partial charge in [0, 0.05) is 24.5 Å². The van der Waals surface area contributed by atoms with Gasteiger partial charge in [0.2, 0.25) is 11.8 Å². The number of fused-ring (bicyclic) bond motifs is 2. The third-order valence-corrected chi connectivity index (χ3v) is 6.49. The molecule has 1 saturated heterocycles. The zero-order valence-corrected chi connectivity index (χ0v) is 19.8. The third kappa shape index (κ3) is 4.92. The topological polar surface area (TPSA) is 107 Å². The highest BCUT2D eigenvalue weighted by Crippen LogP contribution is 2.32. The van der Waals surface area contributed by atoms with Crippen molar-refractivity contribution in [3.63, 3.8) is 0 Å². The van der Waals surface area contributed by atoms with Crippen LogP contribution in [0, 0.1) is 5.41 Å². The lowest BCUT2D eigenvalue weighted by Gasteiger charge is -2.40. The van der Waals surface area contributed by atoms with E-state index in [1.807, 2.05) is 18.2 Å². The molecule has 0 bridgehead atoms. The van der Waals surface area contributed by atoms with Crippen LogP contribution in [0.4, 0.5) is 5.69 Å². The molecule has 9 heteroatoms. The number of anilines is 1. The smallest absolute Gasteiger partial charge is 0.303 e. The zero-order valence-electron chi connectivity index (χ0n) is 19.0. The van der Waals surface area contributed by atoms with E-state index in [1.165, 1.54) is 4.90 Å². The molecule has 2 heterocycles. The number of rotatable bonds is 5. The number of carbonyl (C=O) groups is 4. The van der Waals surface area contributed by atoms with Crippen LogP contribution in [0.2, 0.25) is 5.02 Å². The zero-order chi connectivity index (χ0) is 24.6. The molecular weight excluding hydrogens is 458 g/mol. The summed E-state index contributed by atoms with van der Waals surface area (Å²) in [5, 5.41) is 12.5. The number of halogens is 1. The summed E-state index contributed by atoms with van der Waals surface area (Å²) in [4.78, 5) is 53.5. The number of hydrogen-bond acceptors (Lipinski definition) is 4. The first kappa shape index (κ1) is 23.8. The highest BCUT2D eigenvalue weighted by atomic mass is 35.5. The Morgan fingerprint density at radius 3 is 2.41 bits per heavy atom. The highest BCUT2D eigenvalue weighted by molar-refractivity contribution is 6.30. The van der Waals surface area contributed by atoms with Gasteiger partial charge in [0.05, 0.1) is 24.2 Å². The van der Waals surface area contributed by atoms with Gasteiger partial charge in [-0.25, -0.2) is 0 Å². The average Bonchev–Trinajstić information content (AvgIpc) is 2.87. The van der Waals surface area contributed by atoms with Crippen molar-refractivity contribution in [2.75, 3.05) is 25.0 Å². The molecule has 1 fully saturated rings. The Bertz CT molecular complexity index is 1160. The molecule has 2 aliphatic heterocycles. The van der Waals surface area contributed by atoms with Gasteiger partial charge in [0.25, 0.3) is 5.91 Å². The second-order valence-corrected chi connectivity index (χ2v) is 9.96. The van der Waals surface area contributed by atoms with Crippen LogP contribution in [0.25, 0.3) is 11.1 Å². The summed E-state index contributed by atoms with van der Waals surface area (Å²) in [6.45, 7) is 4.02. The average molecular weight is 484 g/mol. The number of benzene rings is 2. The molecule has 0 radical (unpaired) electrons. The van der Waals surface area contributed by atoms with Gasteiger partial charge in [0.1, 0.15) is 6.04 Å². The van der Waals surface area contributed by atoms with Gasteiger partial charge in [-0.05, 0) is 40.8 Å². The van der Waals surface area contributed by atoms with Crippen LogP contribution in [0.5, 0.6) is 0 Å². The van der Waals surface area contributed by atoms with Gasteiger partial charge >= 0.3 is 5.97 Å². The molecule has 0 aliphatic carbocycles. The van der Waals surface area contributed by atoms with Crippen LogP contribution in [0.3, 0.4) is 0 Å². The van der Waals surface area contributed by atoms with Crippen molar-refractivity contribution in [3.8, 4) is 11.1 Å². The SMILES string of the molecule is CC(C)(CC(=O)O)CC(=O)N1CCN2C(=O)c3cc(-c4ccc(Cl)cc4)ccc3NC(=O)[C@@H]2C1. The van der Waals surface area contributed by atoms with Crippen molar-refractivity contribution in [2.45, 2.75) is 32.7 Å². The number of carboxylic acids is 1. The van der Waals surface area contributed by atoms with E-state index < -0.39 is 17.4 Å². The lowest BCUT2D eigenvalue weighted by Crippen LogP contribution is -2.59. The third-order valence-electron chi connectivity index (χ3n) is 6.24. The Labute approximate surface area is 202 Å². The molecule has 2 aromatic carbocycles. The normalized spacial score (nSPS) is 18.0. The standard InChI is InChI=1S/C25H26ClN3O5/c1-25(2,13-22(31)32)12-21(30)28-9-10-29-20(14-28)23(33)27-19-8-5-16(11-18(19)24(29)34)15-3-6-17(26)7-4-15/h3-8,11,20H,9-10,12-14H2,1-2H3,(H,27,33)(H,31,32)/t20-/m0/s1. The molecule has 0 unspecified atom stereocenters. The Balaban J connectivity index is 1.54. The number of hydrogen-bond donors (Lipinski definition) is 2. The fourth-order valence-corrected chi connectivity index (χ4v) is 4.62. The quantitative estimate of drug-likeness (QED) is 0.676. The van der Waals surface area contributed by atoms with E-state index in [9.17, 15) is 19.2 Å². The van der Waals surface area contributed by atoms with Crippen molar-refractivity contribution in [1.29, 1.82) is 0 Å². The summed E-state index contributed by atoms with van der Waals surface area (Å²) in [5.41, 5.74) is 1.83. The van der Waals surface area contributed by atoms with Crippen molar-refractivity contribution >= 4 is 41.0 Å². The predicted molar refractivity (Wildman–Crippen MR) is 128 cm³/mol. The molecule has 0 saturated carbocycles. The molecule has 2 aliphatic rings. The minimum Gasteiger partial charge on any atom is -0.481 e. The first-order chi connectivity index (χ1) is 16.0. The highest BCUT2D eigenvalue weighted by Gasteiger charge is 2.41. The Kier molecular flexibility index (Phi) is 6.36. The predicted octanol–water partition coefficient (Wildman–Crippen LogP) is 3.50. The van der Waals surface area contributed by atoms with Gasteiger partial charge in [-0.3, -0.25) is 19.2 Å². The molecule has 8 nitrogen and oxygen atoms in total. The van der Waals surface area contributed by atoms with Gasteiger partial charge in [-0.1, -0.05) is 43.6 Å². The Morgan fingerprint density at radius 1 is 1.06 bits per heavy atom. The van der Waals surface area contributed by atoms with Crippen LogP contribution >= 0.6 is 11.6 Å². The molecule has 34 heavy (non-hydrogen) atoms. The van der Waals surface area contributed by atoms with Crippen molar-refractivity contribution in [3.05, 3.63) is 53.1 Å². The summed E-state index contributed by atoms with van der Waals surface area (Å²) in [6.07, 6.45) is -0.0847. The van der Waals surface area contributed by atoms with Crippen LogP contribution in [-0.4, -0.2) is 64.3 Å². The Morgan fingerprint density at radius 2 is 1.74 bits per heavy atom. The summed E-state index contributed by atoms with van der Waals surface area (Å²) in [6, 6.07) is 11.8. The summed E-state index contributed by atoms with van der Waals surface area (Å²) >= 11 is 5.98. The molecule has 3 amide bonds. The second-order valence-electron chi connectivity index (χ2n) is 9.52. The van der Waals surface area contributed by atoms with E-state index in [4.69, 9.17) is 16.7 Å². The van der Waals surface area contributed by atoms with Gasteiger partial charge in [-0.2, -0.15) is 0 Å². The molecular formula is C25H26ClN3O5. The Hall–Kier alpha value is -3.39. The second kappa shape index (κ2) is 9.10. The molecule has 4 rings (SSSR count).